The Bertz CT molecular complexity index is 3220. The van der Waals surface area contributed by atoms with Crippen LogP contribution < -0.4 is 0 Å². The molecule has 8 rings (SSSR count). The summed E-state index contributed by atoms with van der Waals surface area (Å²) in [6, 6.07) is 40.6. The topological polar surface area (TPSA) is 163 Å². The van der Waals surface area contributed by atoms with Crippen molar-refractivity contribution in [2.45, 2.75) is 55.4 Å². The normalized spacial score (nSPS) is 10.8. The van der Waals surface area contributed by atoms with Gasteiger partial charge in [0.05, 0.1) is 89.4 Å². The molecular formula is C56H48N10O2. The van der Waals surface area contributed by atoms with E-state index in [2.05, 4.69) is 9.97 Å². The fraction of sp³-hybridized carbons (Fsp3) is 0.143. The number of fused-ring (bicyclic) bond motifs is 4. The van der Waals surface area contributed by atoms with E-state index in [9.17, 15) is 9.59 Å². The van der Waals surface area contributed by atoms with Crippen molar-refractivity contribution >= 4 is 55.7 Å². The average Bonchev–Trinajstić information content (AvgIpc) is 3.31. The van der Waals surface area contributed by atoms with Crippen LogP contribution in [0.3, 0.4) is 0 Å². The number of rotatable bonds is 5. The van der Waals surface area contributed by atoms with Crippen LogP contribution in [0, 0.1) is 55.4 Å². The number of hydrogen-bond acceptors (Lipinski definition) is 12. The van der Waals surface area contributed by atoms with E-state index in [-0.39, 0.29) is 11.6 Å². The van der Waals surface area contributed by atoms with Crippen LogP contribution in [-0.2, 0) is 0 Å². The average molecular weight is 893 g/mol. The minimum Gasteiger partial charge on any atom is -0.288 e. The minimum atomic E-state index is -0.329. The molecule has 0 saturated heterocycles. The molecule has 0 radical (unpaired) electrons. The number of nitrogens with zero attached hydrogens (tertiary/aromatic N) is 10. The largest absolute Gasteiger partial charge is 0.288 e. The van der Waals surface area contributed by atoms with Crippen LogP contribution in [0.1, 0.15) is 77.4 Å². The lowest BCUT2D eigenvalue weighted by molar-refractivity contribution is 0.102. The molecule has 0 atom stereocenters. The number of pyridine rings is 2. The van der Waals surface area contributed by atoms with Gasteiger partial charge in [-0.1, -0.05) is 48.5 Å². The maximum absolute atomic E-state index is 14.9. The summed E-state index contributed by atoms with van der Waals surface area (Å²) < 4.78 is 0. The molecule has 12 nitrogen and oxygen atoms in total. The zero-order valence-electron chi connectivity index (χ0n) is 39.1. The molecule has 4 aromatic heterocycles. The summed E-state index contributed by atoms with van der Waals surface area (Å²) in [5.41, 5.74) is 11.7. The summed E-state index contributed by atoms with van der Waals surface area (Å²) >= 11 is 0. The van der Waals surface area contributed by atoms with Crippen molar-refractivity contribution in [2.24, 2.45) is 0 Å². The van der Waals surface area contributed by atoms with Crippen LogP contribution >= 0.6 is 0 Å². The number of ketones is 2. The first-order valence-corrected chi connectivity index (χ1v) is 22.1. The van der Waals surface area contributed by atoms with Crippen LogP contribution in [0.4, 0.5) is 0 Å². The molecule has 0 unspecified atom stereocenters. The summed E-state index contributed by atoms with van der Waals surface area (Å²) in [4.78, 5) is 78.5. The first kappa shape index (κ1) is 45.9. The number of hydrogen-bond donors (Lipinski definition) is 0. The number of carbonyl (C=O) groups excluding carboxylic acids is 2. The van der Waals surface area contributed by atoms with Crippen LogP contribution in [0.5, 0.6) is 0 Å². The molecule has 12 heteroatoms. The van der Waals surface area contributed by atoms with E-state index in [1.807, 2.05) is 137 Å². The molecule has 0 saturated carbocycles. The molecule has 4 aromatic carbocycles. The third-order valence-corrected chi connectivity index (χ3v) is 10.9. The molecule has 0 fully saturated rings. The molecule has 0 bridgehead atoms. The van der Waals surface area contributed by atoms with Crippen LogP contribution in [0.2, 0.25) is 0 Å². The van der Waals surface area contributed by atoms with Gasteiger partial charge in [-0.05, 0) is 140 Å². The summed E-state index contributed by atoms with van der Waals surface area (Å²) in [6.45, 7) is 14.8. The van der Waals surface area contributed by atoms with E-state index in [1.54, 1.807) is 64.4 Å². The van der Waals surface area contributed by atoms with E-state index in [1.165, 1.54) is 0 Å². The second-order valence-corrected chi connectivity index (χ2v) is 16.3. The molecule has 4 heterocycles. The van der Waals surface area contributed by atoms with Crippen molar-refractivity contribution < 1.29 is 9.59 Å². The molecule has 0 amide bonds. The van der Waals surface area contributed by atoms with Crippen molar-refractivity contribution in [1.29, 1.82) is 0 Å². The summed E-state index contributed by atoms with van der Waals surface area (Å²) in [6.07, 6.45) is 3.11. The molecule has 8 aromatic rings. The van der Waals surface area contributed by atoms with Crippen LogP contribution in [0.25, 0.3) is 55.5 Å². The minimum absolute atomic E-state index is 0.298. The van der Waals surface area contributed by atoms with Gasteiger partial charge in [0.15, 0.2) is 11.6 Å². The van der Waals surface area contributed by atoms with E-state index >= 15 is 0 Å². The molecule has 68 heavy (non-hydrogen) atoms. The van der Waals surface area contributed by atoms with E-state index < -0.39 is 0 Å². The van der Waals surface area contributed by atoms with Gasteiger partial charge >= 0.3 is 0 Å². The van der Waals surface area contributed by atoms with Gasteiger partial charge in [-0.3, -0.25) is 59.4 Å². The van der Waals surface area contributed by atoms with Gasteiger partial charge in [-0.25, -0.2) is 0 Å². The smallest absolute Gasteiger partial charge is 0.196 e. The van der Waals surface area contributed by atoms with Crippen molar-refractivity contribution in [2.75, 3.05) is 0 Å². The van der Waals surface area contributed by atoms with Gasteiger partial charge in [0.2, 0.25) is 0 Å². The predicted molar refractivity (Wildman–Crippen MR) is 268 cm³/mol. The van der Waals surface area contributed by atoms with E-state index in [0.29, 0.717) is 101 Å². The predicted octanol–water partition coefficient (Wildman–Crippen LogP) is 11.3. The molecule has 334 valence electrons. The summed E-state index contributed by atoms with van der Waals surface area (Å²) in [5.74, 6) is -0.658. The number of aryl methyl sites for hydroxylation is 8. The van der Waals surface area contributed by atoms with Gasteiger partial charge in [0, 0.05) is 46.3 Å². The lowest BCUT2D eigenvalue weighted by Crippen LogP contribution is -2.09. The quantitative estimate of drug-likeness (QED) is 0.150. The van der Waals surface area contributed by atoms with Crippen LogP contribution in [0.15, 0.2) is 146 Å². The Balaban J connectivity index is 1.29. The molecule has 0 aliphatic heterocycles. The highest BCUT2D eigenvalue weighted by molar-refractivity contribution is 6.12. The third-order valence-electron chi connectivity index (χ3n) is 10.9. The maximum atomic E-state index is 14.9. The fourth-order valence-corrected chi connectivity index (χ4v) is 7.95. The first-order valence-electron chi connectivity index (χ1n) is 22.1. The van der Waals surface area contributed by atoms with Gasteiger partial charge in [-0.15, -0.1) is 0 Å². The number of aromatic nitrogens is 10. The van der Waals surface area contributed by atoms with Gasteiger partial charge in [0.1, 0.15) is 0 Å². The van der Waals surface area contributed by atoms with E-state index in [0.717, 1.165) is 22.8 Å². The van der Waals surface area contributed by atoms with Gasteiger partial charge < -0.3 is 0 Å². The standard InChI is InChI=1S/C56H48N10O2/c1-33-29-34(2)60-44-18-10-14-22-48(44)64-38(6)53(37(5)63-47-21-13-9-17-43(47)59-33)55(67)41-25-27-57-51(31-41)52-32-42(26-28-58-52)56(68)54-39(7)65-49-23-15-11-19-45(49)61-35(3)30-36(4)62-46-20-12-16-24-50(46)66-40(54)8/h9-32H,1-8H3. The Morgan fingerprint density at radius 3 is 0.794 bits per heavy atom. The first-order chi connectivity index (χ1) is 32.8. The summed E-state index contributed by atoms with van der Waals surface area (Å²) in [7, 11) is 0. The lowest BCUT2D eigenvalue weighted by atomic mass is 9.99. The maximum Gasteiger partial charge on any atom is 0.196 e. The Morgan fingerprint density at radius 1 is 0.309 bits per heavy atom. The number of para-hydroxylation sites is 8. The van der Waals surface area contributed by atoms with Crippen LogP contribution in [-0.4, -0.2) is 61.4 Å². The highest BCUT2D eigenvalue weighted by Crippen LogP contribution is 2.24. The highest BCUT2D eigenvalue weighted by atomic mass is 16.1. The molecule has 0 N–H and O–H groups in total. The monoisotopic (exact) mass is 892 g/mol. The Hall–Kier alpha value is -8.64. The number of carbonyl (C=O) groups is 2. The second-order valence-electron chi connectivity index (χ2n) is 16.3. The Labute approximate surface area is 394 Å². The van der Waals surface area contributed by atoms with Gasteiger partial charge in [0.25, 0.3) is 0 Å². The molecular weight excluding hydrogens is 845 g/mol. The molecule has 0 spiro atoms. The lowest BCUT2D eigenvalue weighted by Gasteiger charge is -2.09. The second kappa shape index (κ2) is 20.3. The van der Waals surface area contributed by atoms with E-state index in [4.69, 9.17) is 39.9 Å². The zero-order valence-corrected chi connectivity index (χ0v) is 39.1. The third kappa shape index (κ3) is 10.6. The Kier molecular flexibility index (Phi) is 13.7. The van der Waals surface area contributed by atoms with Crippen molar-refractivity contribution in [1.82, 2.24) is 49.8 Å². The van der Waals surface area contributed by atoms with Crippen molar-refractivity contribution in [3.63, 3.8) is 0 Å². The van der Waals surface area contributed by atoms with Gasteiger partial charge in [-0.2, -0.15) is 0 Å². The Morgan fingerprint density at radius 2 is 0.544 bits per heavy atom. The molecule has 0 aliphatic rings. The van der Waals surface area contributed by atoms with Crippen molar-refractivity contribution in [3.8, 4) is 11.4 Å². The summed E-state index contributed by atoms with van der Waals surface area (Å²) in [5, 5.41) is 0. The highest BCUT2D eigenvalue weighted by Gasteiger charge is 2.20. The zero-order chi connectivity index (χ0) is 47.9. The molecule has 0 aliphatic carbocycles. The SMILES string of the molecule is Cc1cc(C)nc2ccccc2nc(C)c(C(=O)c2ccnc(-c3cc(C(=O)c4c(C)nc5ccccc5nc(C)cc(C)nc5ccccc5nc4C)ccn3)c2)c(C)nc2ccccc2n1. The van der Waals surface area contributed by atoms with Crippen molar-refractivity contribution in [3.05, 3.63) is 214 Å². The number of benzene rings is 4. The fourth-order valence-electron chi connectivity index (χ4n) is 7.95.